The van der Waals surface area contributed by atoms with Crippen molar-refractivity contribution in [1.29, 1.82) is 0 Å². The highest BCUT2D eigenvalue weighted by molar-refractivity contribution is 5.77. The largest absolute Gasteiger partial charge is 0.462 e. The molecule has 1 aromatic heterocycles. The highest BCUT2D eigenvalue weighted by atomic mass is 16.5. The maximum Gasteiger partial charge on any atom is 0.283 e. The molecule has 158 valence electrons. The second-order valence-electron chi connectivity index (χ2n) is 9.43. The van der Waals surface area contributed by atoms with Crippen LogP contribution in [0.3, 0.4) is 0 Å². The van der Waals surface area contributed by atoms with Crippen LogP contribution in [0.5, 0.6) is 11.5 Å². The van der Waals surface area contributed by atoms with Crippen molar-refractivity contribution >= 4 is 6.02 Å². The number of nitrogens with zero attached hydrogens (tertiary/aromatic N) is 3. The third kappa shape index (κ3) is 3.52. The van der Waals surface area contributed by atoms with Crippen LogP contribution in [0.2, 0.25) is 0 Å². The highest BCUT2D eigenvalue weighted by Crippen LogP contribution is 2.51. The smallest absolute Gasteiger partial charge is 0.283 e. The number of aryl methyl sites for hydroxylation is 1. The maximum atomic E-state index is 6.29. The molecule has 3 heterocycles. The van der Waals surface area contributed by atoms with E-state index in [0.29, 0.717) is 6.61 Å². The van der Waals surface area contributed by atoms with E-state index in [1.165, 1.54) is 11.9 Å². The summed E-state index contributed by atoms with van der Waals surface area (Å²) in [6.07, 6.45) is 7.20. The molecule has 31 heavy (non-hydrogen) atoms. The lowest BCUT2D eigenvalue weighted by Crippen LogP contribution is -2.31. The van der Waals surface area contributed by atoms with Gasteiger partial charge in [-0.2, -0.15) is 0 Å². The molecule has 0 saturated carbocycles. The standard InChI is InChI=1S/C25H26N4O2/c1-24(2,3)9-8-16-4-6-21-19(10-16)25(14-30-23(26)29-25)20-11-17(5-7-22(20)31-21)18-12-27-15-28-13-18/h4-7,10-13,15H,8-9,14H2,1-3H3,(H2,26,29)/t25-/m1/s1. The van der Waals surface area contributed by atoms with E-state index < -0.39 is 5.54 Å². The maximum absolute atomic E-state index is 6.29. The van der Waals surface area contributed by atoms with Crippen molar-refractivity contribution in [3.8, 4) is 22.6 Å². The summed E-state index contributed by atoms with van der Waals surface area (Å²) in [5.74, 6) is 1.56. The van der Waals surface area contributed by atoms with E-state index in [9.17, 15) is 0 Å². The third-order valence-corrected chi connectivity index (χ3v) is 5.92. The first kappa shape index (κ1) is 19.5. The fraction of sp³-hybridized carbons (Fsp3) is 0.320. The van der Waals surface area contributed by atoms with E-state index in [1.54, 1.807) is 12.4 Å². The van der Waals surface area contributed by atoms with Crippen LogP contribution in [0.1, 0.15) is 43.9 Å². The van der Waals surface area contributed by atoms with Crippen molar-refractivity contribution in [3.63, 3.8) is 0 Å². The minimum atomic E-state index is -0.726. The van der Waals surface area contributed by atoms with Gasteiger partial charge in [-0.25, -0.2) is 15.0 Å². The van der Waals surface area contributed by atoms with Crippen LogP contribution in [0.4, 0.5) is 0 Å². The normalized spacial score (nSPS) is 19.3. The summed E-state index contributed by atoms with van der Waals surface area (Å²) in [5, 5.41) is 0. The SMILES string of the molecule is CC(C)(C)CCc1ccc2c(c1)[C@]1(COC(N)=N1)c1cc(-c3cncnc3)ccc1O2. The first-order valence-corrected chi connectivity index (χ1v) is 10.5. The minimum Gasteiger partial charge on any atom is -0.462 e. The first-order chi connectivity index (χ1) is 14.8. The van der Waals surface area contributed by atoms with E-state index >= 15 is 0 Å². The summed E-state index contributed by atoms with van der Waals surface area (Å²) < 4.78 is 12.0. The average molecular weight is 415 g/mol. The van der Waals surface area contributed by atoms with Gasteiger partial charge >= 0.3 is 0 Å². The summed E-state index contributed by atoms with van der Waals surface area (Å²) in [4.78, 5) is 13.1. The molecule has 0 saturated heterocycles. The van der Waals surface area contributed by atoms with Crippen LogP contribution in [0.15, 0.2) is 60.1 Å². The van der Waals surface area contributed by atoms with Crippen LogP contribution >= 0.6 is 0 Å². The Morgan fingerprint density at radius 1 is 0.968 bits per heavy atom. The van der Waals surface area contributed by atoms with Gasteiger partial charge in [0.1, 0.15) is 24.4 Å². The number of fused-ring (bicyclic) bond motifs is 4. The van der Waals surface area contributed by atoms with Crippen molar-refractivity contribution in [2.24, 2.45) is 16.1 Å². The molecule has 2 N–H and O–H groups in total. The van der Waals surface area contributed by atoms with E-state index in [4.69, 9.17) is 20.2 Å². The molecule has 2 aliphatic rings. The lowest BCUT2D eigenvalue weighted by atomic mass is 9.79. The highest BCUT2D eigenvalue weighted by Gasteiger charge is 2.47. The number of nitrogens with two attached hydrogens (primary N) is 1. The Balaban J connectivity index is 1.63. The van der Waals surface area contributed by atoms with Gasteiger partial charge in [0.15, 0.2) is 5.54 Å². The molecule has 2 aliphatic heterocycles. The minimum absolute atomic E-state index is 0.201. The fourth-order valence-electron chi connectivity index (χ4n) is 4.20. The van der Waals surface area contributed by atoms with Crippen molar-refractivity contribution in [2.45, 2.75) is 39.2 Å². The topological polar surface area (TPSA) is 82.6 Å². The number of aliphatic imine (C=N–C) groups is 1. The number of hydrogen-bond acceptors (Lipinski definition) is 6. The van der Waals surface area contributed by atoms with Gasteiger partial charge in [0.25, 0.3) is 6.02 Å². The van der Waals surface area contributed by atoms with Gasteiger partial charge in [0.2, 0.25) is 0 Å². The average Bonchev–Trinajstić information content (AvgIpc) is 3.15. The molecule has 6 nitrogen and oxygen atoms in total. The third-order valence-electron chi connectivity index (χ3n) is 5.92. The van der Waals surface area contributed by atoms with Crippen LogP contribution < -0.4 is 10.5 Å². The van der Waals surface area contributed by atoms with Gasteiger partial charge in [-0.05, 0) is 53.6 Å². The van der Waals surface area contributed by atoms with Gasteiger partial charge in [-0.3, -0.25) is 0 Å². The second-order valence-corrected chi connectivity index (χ2v) is 9.43. The number of hydrogen-bond donors (Lipinski definition) is 1. The molecule has 0 fully saturated rings. The van der Waals surface area contributed by atoms with Crippen molar-refractivity contribution in [3.05, 3.63) is 71.8 Å². The number of amidine groups is 1. The van der Waals surface area contributed by atoms with Gasteiger partial charge < -0.3 is 15.2 Å². The zero-order chi connectivity index (χ0) is 21.6. The molecule has 3 aromatic rings. The Bertz CT molecular complexity index is 1170. The van der Waals surface area contributed by atoms with Crippen molar-refractivity contribution in [2.75, 3.05) is 6.61 Å². The molecule has 5 rings (SSSR count). The summed E-state index contributed by atoms with van der Waals surface area (Å²) in [7, 11) is 0. The van der Waals surface area contributed by atoms with E-state index in [2.05, 4.69) is 48.9 Å². The predicted octanol–water partition coefficient (Wildman–Crippen LogP) is 4.82. The van der Waals surface area contributed by atoms with E-state index in [-0.39, 0.29) is 11.4 Å². The Labute approximate surface area is 182 Å². The van der Waals surface area contributed by atoms with E-state index in [1.807, 2.05) is 18.2 Å². The number of aromatic nitrogens is 2. The summed E-state index contributed by atoms with van der Waals surface area (Å²) >= 11 is 0. The fourth-order valence-corrected chi connectivity index (χ4v) is 4.20. The molecule has 1 spiro atoms. The number of rotatable bonds is 3. The van der Waals surface area contributed by atoms with Gasteiger partial charge in [-0.15, -0.1) is 0 Å². The van der Waals surface area contributed by atoms with Gasteiger partial charge in [-0.1, -0.05) is 32.9 Å². The Kier molecular flexibility index (Phi) is 4.46. The summed E-state index contributed by atoms with van der Waals surface area (Å²) in [5.41, 5.74) is 10.7. The predicted molar refractivity (Wildman–Crippen MR) is 120 cm³/mol. The molecule has 0 aliphatic carbocycles. The molecular weight excluding hydrogens is 388 g/mol. The molecule has 0 bridgehead atoms. The Hall–Kier alpha value is -3.41. The van der Waals surface area contributed by atoms with Crippen molar-refractivity contribution in [1.82, 2.24) is 9.97 Å². The molecule has 2 aromatic carbocycles. The quantitative estimate of drug-likeness (QED) is 0.665. The molecule has 0 amide bonds. The summed E-state index contributed by atoms with van der Waals surface area (Å²) in [6.45, 7) is 7.13. The molecular formula is C25H26N4O2. The lowest BCUT2D eigenvalue weighted by molar-refractivity contribution is 0.264. The molecule has 6 heteroatoms. The Morgan fingerprint density at radius 3 is 2.35 bits per heavy atom. The number of ether oxygens (including phenoxy) is 2. The zero-order valence-electron chi connectivity index (χ0n) is 18.1. The lowest BCUT2D eigenvalue weighted by Gasteiger charge is -2.34. The Morgan fingerprint density at radius 2 is 1.68 bits per heavy atom. The number of benzene rings is 2. The van der Waals surface area contributed by atoms with Crippen molar-refractivity contribution < 1.29 is 9.47 Å². The molecule has 0 unspecified atom stereocenters. The second kappa shape index (κ2) is 7.08. The van der Waals surface area contributed by atoms with Crippen LogP contribution in [-0.4, -0.2) is 22.6 Å². The van der Waals surface area contributed by atoms with Crippen LogP contribution in [0.25, 0.3) is 11.1 Å². The first-order valence-electron chi connectivity index (χ1n) is 10.5. The van der Waals surface area contributed by atoms with Gasteiger partial charge in [0.05, 0.1) is 0 Å². The van der Waals surface area contributed by atoms with Crippen LogP contribution in [0, 0.1) is 5.41 Å². The summed E-state index contributed by atoms with van der Waals surface area (Å²) in [6, 6.07) is 12.7. The monoisotopic (exact) mass is 414 g/mol. The zero-order valence-corrected chi connectivity index (χ0v) is 18.1. The molecule has 1 atom stereocenters. The van der Waals surface area contributed by atoms with Gasteiger partial charge in [0, 0.05) is 29.1 Å². The molecule has 0 radical (unpaired) electrons. The van der Waals surface area contributed by atoms with E-state index in [0.717, 1.165) is 46.6 Å². The van der Waals surface area contributed by atoms with Crippen LogP contribution in [-0.2, 0) is 16.7 Å².